The van der Waals surface area contributed by atoms with Gasteiger partial charge in [0.1, 0.15) is 12.4 Å². The number of carbonyl (C=O) groups excluding carboxylic acids is 1. The average Bonchev–Trinajstić information content (AvgIpc) is 3.23. The number of nitrogens with zero attached hydrogens (tertiary/aromatic N) is 2. The van der Waals surface area contributed by atoms with Gasteiger partial charge >= 0.3 is 5.97 Å². The normalized spacial score (nSPS) is 14.1. The fourth-order valence-electron chi connectivity index (χ4n) is 1.92. The van der Waals surface area contributed by atoms with Gasteiger partial charge in [-0.15, -0.1) is 11.3 Å². The Morgan fingerprint density at radius 3 is 2.95 bits per heavy atom. The number of hydrogen-bond donors (Lipinski definition) is 1. The Hall–Kier alpha value is -2.02. The maximum absolute atomic E-state index is 12.0. The molecule has 1 fully saturated rings. The van der Waals surface area contributed by atoms with Crippen LogP contribution in [0.25, 0.3) is 0 Å². The molecule has 6 nitrogen and oxygen atoms in total. The van der Waals surface area contributed by atoms with Crippen molar-refractivity contribution in [3.8, 4) is 0 Å². The molecule has 0 spiro atoms. The molecular weight excluding hydrogens is 290 g/mol. The van der Waals surface area contributed by atoms with Crippen LogP contribution in [0.3, 0.4) is 0 Å². The number of aromatic nitrogens is 3. The Morgan fingerprint density at radius 2 is 2.29 bits per heavy atom. The molecule has 0 aliphatic heterocycles. The largest absolute Gasteiger partial charge is 0.454 e. The summed E-state index contributed by atoms with van der Waals surface area (Å²) >= 11 is 1.54. The summed E-state index contributed by atoms with van der Waals surface area (Å²) < 4.78 is 5.17. The third-order valence-corrected chi connectivity index (χ3v) is 4.23. The summed E-state index contributed by atoms with van der Waals surface area (Å²) in [6.07, 6.45) is 2.86. The molecule has 2 aromatic rings. The van der Waals surface area contributed by atoms with Gasteiger partial charge in [0.05, 0.1) is 10.7 Å². The average molecular weight is 305 g/mol. The quantitative estimate of drug-likeness (QED) is 0.854. The Balaban J connectivity index is 1.68. The minimum atomic E-state index is -0.589. The SMILES string of the molecule is CCc1nc(COC(=O)c2cc(=O)[nH]c(C3CC3)n2)cs1. The number of hydrogen-bond acceptors (Lipinski definition) is 6. The summed E-state index contributed by atoms with van der Waals surface area (Å²) in [7, 11) is 0. The van der Waals surface area contributed by atoms with E-state index in [1.165, 1.54) is 6.07 Å². The maximum atomic E-state index is 12.0. The van der Waals surface area contributed by atoms with Gasteiger partial charge in [0.2, 0.25) is 0 Å². The molecule has 1 saturated carbocycles. The first-order chi connectivity index (χ1) is 10.2. The molecule has 0 saturated heterocycles. The van der Waals surface area contributed by atoms with Gasteiger partial charge in [0, 0.05) is 17.4 Å². The topological polar surface area (TPSA) is 84.9 Å². The first kappa shape index (κ1) is 13.9. The van der Waals surface area contributed by atoms with Crippen LogP contribution >= 0.6 is 11.3 Å². The van der Waals surface area contributed by atoms with E-state index < -0.39 is 5.97 Å². The van der Waals surface area contributed by atoms with Crippen LogP contribution in [0.5, 0.6) is 0 Å². The van der Waals surface area contributed by atoms with Crippen molar-refractivity contribution in [2.24, 2.45) is 0 Å². The minimum Gasteiger partial charge on any atom is -0.454 e. The number of ether oxygens (including phenoxy) is 1. The molecule has 21 heavy (non-hydrogen) atoms. The molecule has 3 rings (SSSR count). The van der Waals surface area contributed by atoms with Gasteiger partial charge in [-0.25, -0.2) is 14.8 Å². The first-order valence-electron chi connectivity index (χ1n) is 6.87. The Labute approximate surface area is 125 Å². The number of H-pyrrole nitrogens is 1. The number of carbonyl (C=O) groups is 1. The van der Waals surface area contributed by atoms with Crippen LogP contribution in [0.2, 0.25) is 0 Å². The van der Waals surface area contributed by atoms with Gasteiger partial charge < -0.3 is 9.72 Å². The van der Waals surface area contributed by atoms with Crippen LogP contribution in [0.4, 0.5) is 0 Å². The van der Waals surface area contributed by atoms with Crippen molar-refractivity contribution in [3.05, 3.63) is 44.0 Å². The summed E-state index contributed by atoms with van der Waals surface area (Å²) in [6.45, 7) is 2.12. The van der Waals surface area contributed by atoms with Crippen molar-refractivity contribution in [3.63, 3.8) is 0 Å². The van der Waals surface area contributed by atoms with E-state index in [-0.39, 0.29) is 23.8 Å². The maximum Gasteiger partial charge on any atom is 0.357 e. The fourth-order valence-corrected chi connectivity index (χ4v) is 2.65. The standard InChI is InChI=1S/C14H15N3O3S/c1-2-12-15-9(7-21-12)6-20-14(19)10-5-11(18)17-13(16-10)8-3-4-8/h5,7-8H,2-4,6H2,1H3,(H,16,17,18). The van der Waals surface area contributed by atoms with E-state index in [1.807, 2.05) is 12.3 Å². The molecule has 0 unspecified atom stereocenters. The van der Waals surface area contributed by atoms with Crippen molar-refractivity contribution in [2.45, 2.75) is 38.7 Å². The van der Waals surface area contributed by atoms with Crippen LogP contribution in [0.1, 0.15) is 52.7 Å². The molecule has 0 aromatic carbocycles. The van der Waals surface area contributed by atoms with Crippen molar-refractivity contribution < 1.29 is 9.53 Å². The highest BCUT2D eigenvalue weighted by molar-refractivity contribution is 7.09. The molecule has 2 heterocycles. The highest BCUT2D eigenvalue weighted by Gasteiger charge is 2.27. The van der Waals surface area contributed by atoms with E-state index in [0.717, 1.165) is 30.0 Å². The Morgan fingerprint density at radius 1 is 1.48 bits per heavy atom. The Kier molecular flexibility index (Phi) is 3.83. The molecule has 1 aliphatic carbocycles. The van der Waals surface area contributed by atoms with Gasteiger partial charge in [-0.05, 0) is 19.3 Å². The van der Waals surface area contributed by atoms with Gasteiger partial charge in [-0.1, -0.05) is 6.92 Å². The van der Waals surface area contributed by atoms with Gasteiger partial charge in [0.15, 0.2) is 5.69 Å². The summed E-state index contributed by atoms with van der Waals surface area (Å²) in [5, 5.41) is 2.87. The number of thiazole rings is 1. The predicted molar refractivity (Wildman–Crippen MR) is 77.4 cm³/mol. The van der Waals surface area contributed by atoms with Crippen LogP contribution in [-0.4, -0.2) is 20.9 Å². The second-order valence-electron chi connectivity index (χ2n) is 4.95. The van der Waals surface area contributed by atoms with E-state index in [1.54, 1.807) is 11.3 Å². The van der Waals surface area contributed by atoms with E-state index in [4.69, 9.17) is 4.74 Å². The lowest BCUT2D eigenvalue weighted by Gasteiger charge is -2.04. The van der Waals surface area contributed by atoms with Gasteiger partial charge in [0.25, 0.3) is 5.56 Å². The zero-order valence-electron chi connectivity index (χ0n) is 11.6. The van der Waals surface area contributed by atoms with Crippen molar-refractivity contribution in [2.75, 3.05) is 0 Å². The lowest BCUT2D eigenvalue weighted by atomic mass is 10.3. The summed E-state index contributed by atoms with van der Waals surface area (Å²) in [5.41, 5.74) is 0.463. The van der Waals surface area contributed by atoms with E-state index in [9.17, 15) is 9.59 Å². The zero-order valence-corrected chi connectivity index (χ0v) is 12.4. The van der Waals surface area contributed by atoms with Crippen LogP contribution in [0, 0.1) is 0 Å². The Bertz CT molecular complexity index is 718. The number of aryl methyl sites for hydroxylation is 1. The molecule has 0 atom stereocenters. The van der Waals surface area contributed by atoms with Crippen molar-refractivity contribution in [1.29, 1.82) is 0 Å². The molecule has 7 heteroatoms. The minimum absolute atomic E-state index is 0.0617. The third-order valence-electron chi connectivity index (χ3n) is 3.19. The predicted octanol–water partition coefficient (Wildman–Crippen LogP) is 2.02. The second kappa shape index (κ2) is 5.77. The van der Waals surface area contributed by atoms with E-state index in [2.05, 4.69) is 15.0 Å². The lowest BCUT2D eigenvalue weighted by molar-refractivity contribution is 0.0460. The highest BCUT2D eigenvalue weighted by Crippen LogP contribution is 2.37. The molecular formula is C14H15N3O3S. The molecule has 1 N–H and O–H groups in total. The van der Waals surface area contributed by atoms with Crippen molar-refractivity contribution in [1.82, 2.24) is 15.0 Å². The van der Waals surface area contributed by atoms with Crippen LogP contribution in [-0.2, 0) is 17.8 Å². The first-order valence-corrected chi connectivity index (χ1v) is 7.75. The molecule has 0 bridgehead atoms. The molecule has 0 amide bonds. The summed E-state index contributed by atoms with van der Waals surface area (Å²) in [4.78, 5) is 34.7. The number of esters is 1. The van der Waals surface area contributed by atoms with Gasteiger partial charge in [-0.2, -0.15) is 0 Å². The van der Waals surface area contributed by atoms with E-state index >= 15 is 0 Å². The molecule has 2 aromatic heterocycles. The fraction of sp³-hybridized carbons (Fsp3) is 0.429. The molecule has 1 aliphatic rings. The van der Waals surface area contributed by atoms with Crippen LogP contribution in [0.15, 0.2) is 16.2 Å². The van der Waals surface area contributed by atoms with Crippen LogP contribution < -0.4 is 5.56 Å². The summed E-state index contributed by atoms with van der Waals surface area (Å²) in [5.74, 6) is 0.265. The second-order valence-corrected chi connectivity index (χ2v) is 5.90. The smallest absolute Gasteiger partial charge is 0.357 e. The molecule has 110 valence electrons. The highest BCUT2D eigenvalue weighted by atomic mass is 32.1. The molecule has 0 radical (unpaired) electrons. The zero-order chi connectivity index (χ0) is 14.8. The number of aromatic amines is 1. The monoisotopic (exact) mass is 305 g/mol. The third kappa shape index (κ3) is 3.36. The van der Waals surface area contributed by atoms with Crippen molar-refractivity contribution >= 4 is 17.3 Å². The van der Waals surface area contributed by atoms with E-state index in [0.29, 0.717) is 5.82 Å². The summed E-state index contributed by atoms with van der Waals surface area (Å²) in [6, 6.07) is 1.17. The number of nitrogens with one attached hydrogen (secondary N) is 1. The van der Waals surface area contributed by atoms with Gasteiger partial charge in [-0.3, -0.25) is 4.79 Å². The lowest BCUT2D eigenvalue weighted by Crippen LogP contribution is -2.17. The number of rotatable bonds is 5.